The monoisotopic (exact) mass is 203 g/mol. The molecule has 69 valence electrons. The van der Waals surface area contributed by atoms with Crippen molar-refractivity contribution in [3.63, 3.8) is 0 Å². The van der Waals surface area contributed by atoms with Crippen LogP contribution in [0.3, 0.4) is 0 Å². The maximum absolute atomic E-state index is 2.24. The third kappa shape index (κ3) is 2.03. The SMILES string of the molecule is [Na].c1ccc2c(c1)Cc1ccccc1C2. The predicted molar refractivity (Wildman–Crippen MR) is 64.3 cm³/mol. The molecule has 0 unspecified atom stereocenters. The van der Waals surface area contributed by atoms with Crippen molar-refractivity contribution in [2.24, 2.45) is 0 Å². The molecule has 1 aliphatic carbocycles. The number of benzene rings is 2. The van der Waals surface area contributed by atoms with E-state index in [0.717, 1.165) is 12.8 Å². The molecule has 0 amide bonds. The zero-order valence-corrected chi connectivity index (χ0v) is 11.0. The second-order valence-corrected chi connectivity index (χ2v) is 3.89. The van der Waals surface area contributed by atoms with Crippen LogP contribution >= 0.6 is 0 Å². The van der Waals surface area contributed by atoms with E-state index in [4.69, 9.17) is 0 Å². The molecule has 1 radical (unpaired) electrons. The van der Waals surface area contributed by atoms with E-state index < -0.39 is 0 Å². The van der Waals surface area contributed by atoms with Crippen LogP contribution in [0.1, 0.15) is 22.3 Å². The summed E-state index contributed by atoms with van der Waals surface area (Å²) in [4.78, 5) is 0. The van der Waals surface area contributed by atoms with E-state index in [9.17, 15) is 0 Å². The minimum atomic E-state index is 0. The van der Waals surface area contributed by atoms with Gasteiger partial charge in [-0.05, 0) is 35.1 Å². The summed E-state index contributed by atoms with van der Waals surface area (Å²) in [6.07, 6.45) is 2.21. The minimum Gasteiger partial charge on any atom is -0.0620 e. The summed E-state index contributed by atoms with van der Waals surface area (Å²) >= 11 is 0. The van der Waals surface area contributed by atoms with Gasteiger partial charge in [-0.1, -0.05) is 48.5 Å². The molecule has 0 aliphatic heterocycles. The van der Waals surface area contributed by atoms with Crippen LogP contribution in [-0.2, 0) is 12.8 Å². The molecular weight excluding hydrogens is 191 g/mol. The van der Waals surface area contributed by atoms with Gasteiger partial charge in [-0.3, -0.25) is 0 Å². The van der Waals surface area contributed by atoms with Gasteiger partial charge in [-0.15, -0.1) is 0 Å². The first kappa shape index (κ1) is 10.9. The molecule has 0 saturated heterocycles. The summed E-state index contributed by atoms with van der Waals surface area (Å²) in [6.45, 7) is 0. The molecule has 0 spiro atoms. The normalized spacial score (nSPS) is 12.3. The summed E-state index contributed by atoms with van der Waals surface area (Å²) in [7, 11) is 0. The molecule has 0 bridgehead atoms. The van der Waals surface area contributed by atoms with Crippen LogP contribution in [0.5, 0.6) is 0 Å². The van der Waals surface area contributed by atoms with Crippen LogP contribution in [0.4, 0.5) is 0 Å². The largest absolute Gasteiger partial charge is 0.0620 e. The summed E-state index contributed by atoms with van der Waals surface area (Å²) in [5.41, 5.74) is 5.97. The van der Waals surface area contributed by atoms with Crippen molar-refractivity contribution in [1.29, 1.82) is 0 Å². The van der Waals surface area contributed by atoms with Crippen LogP contribution in [0.2, 0.25) is 0 Å². The molecule has 15 heavy (non-hydrogen) atoms. The van der Waals surface area contributed by atoms with E-state index in [1.54, 1.807) is 0 Å². The Bertz CT molecular complexity index is 387. The first-order chi connectivity index (χ1) is 6.93. The van der Waals surface area contributed by atoms with Crippen LogP contribution in [-0.4, -0.2) is 29.6 Å². The second kappa shape index (κ2) is 4.52. The van der Waals surface area contributed by atoms with Crippen molar-refractivity contribution < 1.29 is 0 Å². The van der Waals surface area contributed by atoms with Crippen molar-refractivity contribution in [2.75, 3.05) is 0 Å². The van der Waals surface area contributed by atoms with Crippen LogP contribution < -0.4 is 0 Å². The van der Waals surface area contributed by atoms with Crippen molar-refractivity contribution in [3.8, 4) is 0 Å². The maximum atomic E-state index is 2.24. The van der Waals surface area contributed by atoms with Gasteiger partial charge in [0.25, 0.3) is 0 Å². The molecule has 2 aromatic carbocycles. The van der Waals surface area contributed by atoms with Crippen molar-refractivity contribution in [1.82, 2.24) is 0 Å². The first-order valence-corrected chi connectivity index (χ1v) is 5.07. The summed E-state index contributed by atoms with van der Waals surface area (Å²) in [6, 6.07) is 17.5. The third-order valence-electron chi connectivity index (χ3n) is 3.00. The Balaban J connectivity index is 0.000000853. The van der Waals surface area contributed by atoms with Crippen LogP contribution in [0.15, 0.2) is 48.5 Å². The van der Waals surface area contributed by atoms with Gasteiger partial charge in [0.2, 0.25) is 0 Å². The topological polar surface area (TPSA) is 0 Å². The van der Waals surface area contributed by atoms with E-state index in [1.165, 1.54) is 22.3 Å². The smallest absolute Gasteiger partial charge is 0 e. The second-order valence-electron chi connectivity index (χ2n) is 3.89. The molecule has 0 aromatic heterocycles. The fourth-order valence-electron chi connectivity index (χ4n) is 2.22. The molecule has 1 aliphatic rings. The quantitative estimate of drug-likeness (QED) is 0.493. The maximum Gasteiger partial charge on any atom is 0 e. The average molecular weight is 203 g/mol. The Morgan fingerprint density at radius 1 is 0.533 bits per heavy atom. The van der Waals surface area contributed by atoms with Gasteiger partial charge in [-0.25, -0.2) is 0 Å². The minimum absolute atomic E-state index is 0. The Kier molecular flexibility index (Phi) is 3.30. The van der Waals surface area contributed by atoms with Gasteiger partial charge in [0, 0.05) is 29.6 Å². The van der Waals surface area contributed by atoms with Crippen LogP contribution in [0, 0.1) is 0 Å². The van der Waals surface area contributed by atoms with Gasteiger partial charge in [0.05, 0.1) is 0 Å². The van der Waals surface area contributed by atoms with Gasteiger partial charge >= 0.3 is 0 Å². The Morgan fingerprint density at radius 3 is 1.07 bits per heavy atom. The average Bonchev–Trinajstić information content (AvgIpc) is 2.26. The number of rotatable bonds is 0. The molecule has 0 fully saturated rings. The first-order valence-electron chi connectivity index (χ1n) is 5.07. The van der Waals surface area contributed by atoms with Gasteiger partial charge in [0.1, 0.15) is 0 Å². The van der Waals surface area contributed by atoms with E-state index >= 15 is 0 Å². The van der Waals surface area contributed by atoms with Crippen molar-refractivity contribution in [2.45, 2.75) is 12.8 Å². The molecule has 0 nitrogen and oxygen atoms in total. The molecule has 3 rings (SSSR count). The molecule has 2 aromatic rings. The van der Waals surface area contributed by atoms with Gasteiger partial charge in [0.15, 0.2) is 0 Å². The fraction of sp³-hybridized carbons (Fsp3) is 0.143. The number of hydrogen-bond donors (Lipinski definition) is 0. The Labute approximate surface area is 113 Å². The van der Waals surface area contributed by atoms with Crippen LogP contribution in [0.25, 0.3) is 0 Å². The van der Waals surface area contributed by atoms with E-state index in [2.05, 4.69) is 48.5 Å². The molecule has 0 saturated carbocycles. The van der Waals surface area contributed by atoms with E-state index in [1.807, 2.05) is 0 Å². The Hall–Kier alpha value is -0.560. The van der Waals surface area contributed by atoms with Gasteiger partial charge in [-0.2, -0.15) is 0 Å². The zero-order valence-electron chi connectivity index (χ0n) is 9.03. The van der Waals surface area contributed by atoms with Gasteiger partial charge < -0.3 is 0 Å². The summed E-state index contributed by atoms with van der Waals surface area (Å²) in [5.74, 6) is 0. The fourth-order valence-corrected chi connectivity index (χ4v) is 2.22. The van der Waals surface area contributed by atoms with E-state index in [0.29, 0.717) is 0 Å². The zero-order chi connectivity index (χ0) is 9.38. The third-order valence-corrected chi connectivity index (χ3v) is 3.00. The molecule has 0 atom stereocenters. The molecule has 0 heterocycles. The molecule has 1 heteroatoms. The number of fused-ring (bicyclic) bond motifs is 2. The van der Waals surface area contributed by atoms with Crippen molar-refractivity contribution >= 4 is 29.6 Å². The standard InChI is InChI=1S/C14H12.Na/c1-2-6-12-10-14-8-4-3-7-13(14)9-11(12)5-1;/h1-8H,9-10H2;. The summed E-state index contributed by atoms with van der Waals surface area (Å²) < 4.78 is 0. The van der Waals surface area contributed by atoms with Crippen molar-refractivity contribution in [3.05, 3.63) is 70.8 Å². The Morgan fingerprint density at radius 2 is 0.800 bits per heavy atom. The van der Waals surface area contributed by atoms with E-state index in [-0.39, 0.29) is 29.6 Å². The molecular formula is C14H12Na. The predicted octanol–water partition coefficient (Wildman–Crippen LogP) is 2.80. The molecule has 0 N–H and O–H groups in total. The number of hydrogen-bond acceptors (Lipinski definition) is 0. The summed E-state index contributed by atoms with van der Waals surface area (Å²) in [5, 5.41) is 0.